The van der Waals surface area contributed by atoms with Crippen LogP contribution in [0.5, 0.6) is 0 Å². The monoisotopic (exact) mass is 353 g/mol. The standard InChI is InChI=1S/C15H13BrClNO2/c1-18(9-10-4-2-3-5-13(10)16)11-6-7-12(15(19)20)14(17)8-11/h2-8H,9H2,1H3,(H,19,20). The van der Waals surface area contributed by atoms with E-state index in [-0.39, 0.29) is 10.6 Å². The molecule has 0 saturated carbocycles. The highest BCUT2D eigenvalue weighted by Gasteiger charge is 2.11. The zero-order valence-corrected chi connectivity index (χ0v) is 13.1. The summed E-state index contributed by atoms with van der Waals surface area (Å²) in [6, 6.07) is 12.9. The lowest BCUT2D eigenvalue weighted by molar-refractivity contribution is 0.0697. The molecule has 0 radical (unpaired) electrons. The first-order chi connectivity index (χ1) is 9.49. The summed E-state index contributed by atoms with van der Waals surface area (Å²) < 4.78 is 1.04. The molecule has 0 atom stereocenters. The van der Waals surface area contributed by atoms with Crippen LogP contribution >= 0.6 is 27.5 Å². The van der Waals surface area contributed by atoms with Crippen LogP contribution in [0.3, 0.4) is 0 Å². The quantitative estimate of drug-likeness (QED) is 0.882. The second kappa shape index (κ2) is 6.29. The van der Waals surface area contributed by atoms with Gasteiger partial charge in [0.05, 0.1) is 10.6 Å². The smallest absolute Gasteiger partial charge is 0.337 e. The lowest BCUT2D eigenvalue weighted by atomic mass is 10.1. The van der Waals surface area contributed by atoms with Crippen LogP contribution in [0.4, 0.5) is 5.69 Å². The molecule has 1 N–H and O–H groups in total. The van der Waals surface area contributed by atoms with Gasteiger partial charge < -0.3 is 10.0 Å². The van der Waals surface area contributed by atoms with E-state index in [1.165, 1.54) is 6.07 Å². The third-order valence-corrected chi connectivity index (χ3v) is 4.08. The number of nitrogens with zero attached hydrogens (tertiary/aromatic N) is 1. The third-order valence-electron chi connectivity index (χ3n) is 2.99. The Labute approximate surface area is 130 Å². The minimum absolute atomic E-state index is 0.115. The molecule has 2 aromatic carbocycles. The molecular formula is C15H13BrClNO2. The van der Waals surface area contributed by atoms with E-state index in [9.17, 15) is 4.79 Å². The number of carboxylic acid groups (broad SMARTS) is 1. The van der Waals surface area contributed by atoms with E-state index in [0.29, 0.717) is 6.54 Å². The van der Waals surface area contributed by atoms with Crippen LogP contribution in [0.1, 0.15) is 15.9 Å². The minimum Gasteiger partial charge on any atom is -0.478 e. The van der Waals surface area contributed by atoms with E-state index in [2.05, 4.69) is 15.9 Å². The van der Waals surface area contributed by atoms with Crippen LogP contribution < -0.4 is 4.90 Å². The first-order valence-corrected chi connectivity index (χ1v) is 7.13. The highest BCUT2D eigenvalue weighted by Crippen LogP contribution is 2.25. The van der Waals surface area contributed by atoms with Gasteiger partial charge in [-0.15, -0.1) is 0 Å². The van der Waals surface area contributed by atoms with Gasteiger partial charge in [0.1, 0.15) is 0 Å². The molecule has 0 aliphatic heterocycles. The molecule has 3 nitrogen and oxygen atoms in total. The second-order valence-electron chi connectivity index (χ2n) is 4.42. The van der Waals surface area contributed by atoms with Crippen molar-refractivity contribution in [3.8, 4) is 0 Å². The summed E-state index contributed by atoms with van der Waals surface area (Å²) in [6.45, 7) is 0.699. The molecule has 0 unspecified atom stereocenters. The number of benzene rings is 2. The fourth-order valence-corrected chi connectivity index (χ4v) is 2.55. The van der Waals surface area contributed by atoms with Crippen molar-refractivity contribution in [2.75, 3.05) is 11.9 Å². The third kappa shape index (κ3) is 3.32. The number of aromatic carboxylic acids is 1. The van der Waals surface area contributed by atoms with E-state index in [4.69, 9.17) is 16.7 Å². The Balaban J connectivity index is 2.22. The fraction of sp³-hybridized carbons (Fsp3) is 0.133. The van der Waals surface area contributed by atoms with Gasteiger partial charge in [0.2, 0.25) is 0 Å². The average Bonchev–Trinajstić information content (AvgIpc) is 2.40. The van der Waals surface area contributed by atoms with Crippen LogP contribution in [0, 0.1) is 0 Å². The van der Waals surface area contributed by atoms with Gasteiger partial charge in [-0.2, -0.15) is 0 Å². The molecule has 104 valence electrons. The molecule has 5 heteroatoms. The largest absolute Gasteiger partial charge is 0.478 e. The maximum absolute atomic E-state index is 10.9. The Morgan fingerprint density at radius 2 is 2.00 bits per heavy atom. The Hall–Kier alpha value is -1.52. The van der Waals surface area contributed by atoms with Gasteiger partial charge in [-0.05, 0) is 29.8 Å². The predicted molar refractivity (Wildman–Crippen MR) is 84.7 cm³/mol. The van der Waals surface area contributed by atoms with Crippen molar-refractivity contribution in [2.45, 2.75) is 6.54 Å². The SMILES string of the molecule is CN(Cc1ccccc1Br)c1ccc(C(=O)O)c(Cl)c1. The first-order valence-electron chi connectivity index (χ1n) is 5.96. The fourth-order valence-electron chi connectivity index (χ4n) is 1.89. The highest BCUT2D eigenvalue weighted by atomic mass is 79.9. The van der Waals surface area contributed by atoms with Gasteiger partial charge in [-0.1, -0.05) is 45.7 Å². The van der Waals surface area contributed by atoms with Crippen LogP contribution in [0.2, 0.25) is 5.02 Å². The normalized spacial score (nSPS) is 10.3. The van der Waals surface area contributed by atoms with Gasteiger partial charge in [0.25, 0.3) is 0 Å². The summed E-state index contributed by atoms with van der Waals surface area (Å²) in [5.41, 5.74) is 2.13. The van der Waals surface area contributed by atoms with Gasteiger partial charge >= 0.3 is 5.97 Å². The Bertz CT molecular complexity index is 646. The van der Waals surface area contributed by atoms with Crippen molar-refractivity contribution in [3.05, 3.63) is 63.1 Å². The zero-order valence-electron chi connectivity index (χ0n) is 10.8. The second-order valence-corrected chi connectivity index (χ2v) is 5.68. The molecular weight excluding hydrogens is 342 g/mol. The van der Waals surface area contributed by atoms with E-state index < -0.39 is 5.97 Å². The summed E-state index contributed by atoms with van der Waals surface area (Å²) in [4.78, 5) is 12.9. The molecule has 0 fully saturated rings. The topological polar surface area (TPSA) is 40.5 Å². The van der Waals surface area contributed by atoms with Crippen LogP contribution in [0.25, 0.3) is 0 Å². The van der Waals surface area contributed by atoms with Crippen molar-refractivity contribution < 1.29 is 9.90 Å². The van der Waals surface area contributed by atoms with Crippen molar-refractivity contribution in [3.63, 3.8) is 0 Å². The van der Waals surface area contributed by atoms with Crippen LogP contribution in [-0.4, -0.2) is 18.1 Å². The lowest BCUT2D eigenvalue weighted by Gasteiger charge is -2.20. The molecule has 2 rings (SSSR count). The van der Waals surface area contributed by atoms with E-state index in [0.717, 1.165) is 15.7 Å². The predicted octanol–water partition coefficient (Wildman–Crippen LogP) is 4.44. The number of rotatable bonds is 4. The van der Waals surface area contributed by atoms with Crippen LogP contribution in [-0.2, 0) is 6.54 Å². The Morgan fingerprint density at radius 1 is 1.30 bits per heavy atom. The number of hydrogen-bond donors (Lipinski definition) is 1. The lowest BCUT2D eigenvalue weighted by Crippen LogP contribution is -2.16. The molecule has 0 aliphatic carbocycles. The maximum Gasteiger partial charge on any atom is 0.337 e. The van der Waals surface area contributed by atoms with Crippen LogP contribution in [0.15, 0.2) is 46.9 Å². The van der Waals surface area contributed by atoms with Gasteiger partial charge in [0.15, 0.2) is 0 Å². The maximum atomic E-state index is 10.9. The number of carboxylic acids is 1. The average molecular weight is 355 g/mol. The first kappa shape index (κ1) is 14.9. The Morgan fingerprint density at radius 3 is 2.60 bits per heavy atom. The van der Waals surface area contributed by atoms with Gasteiger partial charge in [-0.3, -0.25) is 0 Å². The van der Waals surface area contributed by atoms with Crippen molar-refractivity contribution in [1.82, 2.24) is 0 Å². The summed E-state index contributed by atoms with van der Waals surface area (Å²) in [7, 11) is 1.94. The number of hydrogen-bond acceptors (Lipinski definition) is 2. The highest BCUT2D eigenvalue weighted by molar-refractivity contribution is 9.10. The summed E-state index contributed by atoms with van der Waals surface area (Å²) in [6.07, 6.45) is 0. The zero-order chi connectivity index (χ0) is 14.7. The molecule has 0 aliphatic rings. The molecule has 0 bridgehead atoms. The van der Waals surface area contributed by atoms with E-state index in [1.54, 1.807) is 12.1 Å². The van der Waals surface area contributed by atoms with Crippen molar-refractivity contribution >= 4 is 39.2 Å². The molecule has 0 spiro atoms. The molecule has 0 saturated heterocycles. The Kier molecular flexibility index (Phi) is 4.68. The summed E-state index contributed by atoms with van der Waals surface area (Å²) in [5, 5.41) is 9.21. The molecule has 0 heterocycles. The van der Waals surface area contributed by atoms with Crippen molar-refractivity contribution in [1.29, 1.82) is 0 Å². The number of carbonyl (C=O) groups is 1. The van der Waals surface area contributed by atoms with E-state index >= 15 is 0 Å². The van der Waals surface area contributed by atoms with Gasteiger partial charge in [0, 0.05) is 23.8 Å². The molecule has 2 aromatic rings. The van der Waals surface area contributed by atoms with Gasteiger partial charge in [-0.25, -0.2) is 4.79 Å². The molecule has 0 aromatic heterocycles. The summed E-state index contributed by atoms with van der Waals surface area (Å²) in [5.74, 6) is -1.02. The molecule has 0 amide bonds. The number of anilines is 1. The van der Waals surface area contributed by atoms with Crippen molar-refractivity contribution in [2.24, 2.45) is 0 Å². The number of halogens is 2. The summed E-state index contributed by atoms with van der Waals surface area (Å²) >= 11 is 9.50. The molecule has 20 heavy (non-hydrogen) atoms. The van der Waals surface area contributed by atoms with E-state index in [1.807, 2.05) is 36.2 Å². The minimum atomic E-state index is -1.02.